The molecule has 0 unspecified atom stereocenters. The number of nitrogens with zero attached hydrogens (tertiary/aromatic N) is 4. The van der Waals surface area contributed by atoms with Crippen LogP contribution in [0.2, 0.25) is 0 Å². The molecule has 0 fully saturated rings. The second-order valence-corrected chi connectivity index (χ2v) is 5.69. The zero-order valence-corrected chi connectivity index (χ0v) is 13.3. The molecule has 0 spiro atoms. The molecule has 2 N–H and O–H groups in total. The number of imidazole rings is 1. The predicted molar refractivity (Wildman–Crippen MR) is 93.9 cm³/mol. The largest absolute Gasteiger partial charge is 0.325 e. The summed E-state index contributed by atoms with van der Waals surface area (Å²) < 4.78 is 1.94. The Hall–Kier alpha value is -3.32. The summed E-state index contributed by atoms with van der Waals surface area (Å²) in [6.45, 7) is 0.705. The standard InChI is InChI=1S/C18H15N5O2/c19-9-14-10-20-17-11-21-18(12-4-2-1-3-5-12)15-8-13(23(24)25)6-7-16(15)22(14)17/h1-8,10H,9,11,19H2. The van der Waals surface area contributed by atoms with Crippen LogP contribution in [0.15, 0.2) is 59.7 Å². The Balaban J connectivity index is 2.01. The molecule has 7 heteroatoms. The van der Waals surface area contributed by atoms with Gasteiger partial charge in [-0.3, -0.25) is 19.7 Å². The third-order valence-electron chi connectivity index (χ3n) is 4.23. The maximum atomic E-state index is 11.3. The van der Waals surface area contributed by atoms with E-state index in [-0.39, 0.29) is 5.69 Å². The molecule has 1 aliphatic heterocycles. The van der Waals surface area contributed by atoms with Gasteiger partial charge >= 0.3 is 0 Å². The van der Waals surface area contributed by atoms with E-state index in [1.165, 1.54) is 6.07 Å². The van der Waals surface area contributed by atoms with E-state index in [1.54, 1.807) is 18.3 Å². The number of nitro benzene ring substituents is 1. The van der Waals surface area contributed by atoms with Crippen LogP contribution in [-0.4, -0.2) is 20.2 Å². The smallest absolute Gasteiger partial charge is 0.270 e. The molecule has 2 heterocycles. The second kappa shape index (κ2) is 5.95. The minimum Gasteiger partial charge on any atom is -0.325 e. The van der Waals surface area contributed by atoms with Crippen molar-refractivity contribution in [1.82, 2.24) is 9.55 Å². The number of aliphatic imine (C=N–C) groups is 1. The van der Waals surface area contributed by atoms with Crippen LogP contribution in [0.5, 0.6) is 0 Å². The van der Waals surface area contributed by atoms with Gasteiger partial charge in [0.25, 0.3) is 5.69 Å². The van der Waals surface area contributed by atoms with Crippen molar-refractivity contribution < 1.29 is 4.92 Å². The van der Waals surface area contributed by atoms with Crippen LogP contribution < -0.4 is 5.73 Å². The molecular weight excluding hydrogens is 318 g/mol. The van der Waals surface area contributed by atoms with Gasteiger partial charge in [0.15, 0.2) is 0 Å². The summed E-state index contributed by atoms with van der Waals surface area (Å²) in [5, 5.41) is 11.3. The number of nitrogens with two attached hydrogens (primary N) is 1. The Kier molecular flexibility index (Phi) is 3.62. The molecule has 0 bridgehead atoms. The van der Waals surface area contributed by atoms with E-state index < -0.39 is 4.92 Å². The average molecular weight is 333 g/mol. The van der Waals surface area contributed by atoms with Crippen LogP contribution in [0.1, 0.15) is 22.6 Å². The van der Waals surface area contributed by atoms with E-state index in [0.717, 1.165) is 22.8 Å². The lowest BCUT2D eigenvalue weighted by Crippen LogP contribution is -2.11. The third kappa shape index (κ3) is 2.50. The Morgan fingerprint density at radius 2 is 2.00 bits per heavy atom. The molecule has 25 heavy (non-hydrogen) atoms. The van der Waals surface area contributed by atoms with Gasteiger partial charge in [-0.1, -0.05) is 30.3 Å². The quantitative estimate of drug-likeness (QED) is 0.588. The van der Waals surface area contributed by atoms with Crippen molar-refractivity contribution in [2.45, 2.75) is 13.1 Å². The van der Waals surface area contributed by atoms with Crippen molar-refractivity contribution in [2.24, 2.45) is 10.7 Å². The molecule has 0 atom stereocenters. The molecule has 2 aromatic carbocycles. The summed E-state index contributed by atoms with van der Waals surface area (Å²) in [6, 6.07) is 14.5. The van der Waals surface area contributed by atoms with Gasteiger partial charge in [0.2, 0.25) is 0 Å². The number of benzene rings is 2. The van der Waals surface area contributed by atoms with E-state index in [1.807, 2.05) is 34.9 Å². The van der Waals surface area contributed by atoms with Crippen molar-refractivity contribution in [3.05, 3.63) is 87.5 Å². The van der Waals surface area contributed by atoms with Crippen molar-refractivity contribution >= 4 is 11.4 Å². The number of aromatic nitrogens is 2. The van der Waals surface area contributed by atoms with Crippen LogP contribution >= 0.6 is 0 Å². The van der Waals surface area contributed by atoms with Crippen LogP contribution in [-0.2, 0) is 13.1 Å². The Morgan fingerprint density at radius 1 is 1.20 bits per heavy atom. The normalized spacial score (nSPS) is 12.8. The molecule has 0 saturated heterocycles. The molecule has 0 aliphatic carbocycles. The lowest BCUT2D eigenvalue weighted by Gasteiger charge is -2.13. The minimum absolute atomic E-state index is 0.0280. The first-order valence-electron chi connectivity index (χ1n) is 7.83. The van der Waals surface area contributed by atoms with Crippen LogP contribution in [0.3, 0.4) is 0 Å². The first kappa shape index (κ1) is 15.2. The maximum Gasteiger partial charge on any atom is 0.270 e. The van der Waals surface area contributed by atoms with Crippen molar-refractivity contribution in [2.75, 3.05) is 0 Å². The summed E-state index contributed by atoms with van der Waals surface area (Å²) in [5.41, 5.74) is 9.84. The van der Waals surface area contributed by atoms with Crippen molar-refractivity contribution in [3.8, 4) is 5.69 Å². The fourth-order valence-electron chi connectivity index (χ4n) is 3.08. The Morgan fingerprint density at radius 3 is 2.72 bits per heavy atom. The molecule has 3 aromatic rings. The molecule has 124 valence electrons. The Bertz CT molecular complexity index is 992. The molecule has 0 amide bonds. The molecule has 1 aromatic heterocycles. The number of fused-ring (bicyclic) bond motifs is 3. The molecule has 0 saturated carbocycles. The highest BCUT2D eigenvalue weighted by molar-refractivity contribution is 6.15. The molecule has 0 radical (unpaired) electrons. The Labute approximate surface area is 143 Å². The van der Waals surface area contributed by atoms with Gasteiger partial charge in [0.1, 0.15) is 5.82 Å². The first-order chi connectivity index (χ1) is 12.2. The minimum atomic E-state index is -0.396. The number of hydrogen-bond acceptors (Lipinski definition) is 5. The number of nitro groups is 1. The van der Waals surface area contributed by atoms with Gasteiger partial charge in [-0.2, -0.15) is 0 Å². The summed E-state index contributed by atoms with van der Waals surface area (Å²) in [5.74, 6) is 0.765. The van der Waals surface area contributed by atoms with Gasteiger partial charge in [-0.25, -0.2) is 4.98 Å². The molecule has 4 rings (SSSR count). The van der Waals surface area contributed by atoms with Crippen LogP contribution in [0.4, 0.5) is 5.69 Å². The van der Waals surface area contributed by atoms with Crippen molar-refractivity contribution in [3.63, 3.8) is 0 Å². The highest BCUT2D eigenvalue weighted by atomic mass is 16.6. The summed E-state index contributed by atoms with van der Waals surface area (Å²) in [7, 11) is 0. The lowest BCUT2D eigenvalue weighted by atomic mass is 10.00. The monoisotopic (exact) mass is 333 g/mol. The van der Waals surface area contributed by atoms with E-state index >= 15 is 0 Å². The highest BCUT2D eigenvalue weighted by Crippen LogP contribution is 2.29. The highest BCUT2D eigenvalue weighted by Gasteiger charge is 2.23. The second-order valence-electron chi connectivity index (χ2n) is 5.69. The van der Waals surface area contributed by atoms with E-state index in [2.05, 4.69) is 4.98 Å². The number of rotatable bonds is 3. The zero-order chi connectivity index (χ0) is 17.4. The topological polar surface area (TPSA) is 99.3 Å². The van der Waals surface area contributed by atoms with Gasteiger partial charge in [-0.15, -0.1) is 0 Å². The number of hydrogen-bond donors (Lipinski definition) is 1. The molecule has 1 aliphatic rings. The summed E-state index contributed by atoms with van der Waals surface area (Å²) >= 11 is 0. The van der Waals surface area contributed by atoms with Crippen molar-refractivity contribution in [1.29, 1.82) is 0 Å². The van der Waals surface area contributed by atoms with Gasteiger partial charge < -0.3 is 5.73 Å². The van der Waals surface area contributed by atoms with E-state index in [4.69, 9.17) is 10.7 Å². The van der Waals surface area contributed by atoms with Gasteiger partial charge in [0, 0.05) is 29.8 Å². The fraction of sp³-hybridized carbons (Fsp3) is 0.111. The zero-order valence-electron chi connectivity index (χ0n) is 13.3. The van der Waals surface area contributed by atoms with E-state index in [0.29, 0.717) is 24.4 Å². The van der Waals surface area contributed by atoms with E-state index in [9.17, 15) is 10.1 Å². The lowest BCUT2D eigenvalue weighted by molar-refractivity contribution is -0.384. The van der Waals surface area contributed by atoms with Gasteiger partial charge in [0.05, 0.1) is 34.8 Å². The van der Waals surface area contributed by atoms with Crippen LogP contribution in [0, 0.1) is 10.1 Å². The first-order valence-corrected chi connectivity index (χ1v) is 7.83. The number of non-ortho nitro benzene ring substituents is 1. The molecular formula is C18H15N5O2. The maximum absolute atomic E-state index is 11.3. The average Bonchev–Trinajstić information content (AvgIpc) is 2.98. The predicted octanol–water partition coefficient (Wildman–Crippen LogP) is 2.59. The molecule has 7 nitrogen and oxygen atoms in total. The SMILES string of the molecule is NCc1cnc2n1-c1ccc([N+](=O)[O-])cc1C(c1ccccc1)=NC2. The van der Waals surface area contributed by atoms with Crippen LogP contribution in [0.25, 0.3) is 5.69 Å². The fourth-order valence-corrected chi connectivity index (χ4v) is 3.08. The van der Waals surface area contributed by atoms with Gasteiger partial charge in [-0.05, 0) is 6.07 Å². The summed E-state index contributed by atoms with van der Waals surface area (Å²) in [6.07, 6.45) is 1.73. The third-order valence-corrected chi connectivity index (χ3v) is 4.23. The summed E-state index contributed by atoms with van der Waals surface area (Å²) in [4.78, 5) is 20.0.